The minimum Gasteiger partial charge on any atom is -0.485 e. The molecule has 0 aromatic heterocycles. The largest absolute Gasteiger partial charge is 0.485 e. The van der Waals surface area contributed by atoms with Crippen LogP contribution in [0.1, 0.15) is 23.7 Å². The maximum absolute atomic E-state index is 10.8. The first-order chi connectivity index (χ1) is 13.2. The lowest BCUT2D eigenvalue weighted by Gasteiger charge is -2.27. The minimum atomic E-state index is -0.422. The molecule has 4 rings (SSSR count). The smallest absolute Gasteiger partial charge is 0.269 e. The van der Waals surface area contributed by atoms with Crippen LogP contribution in [0.5, 0.6) is 5.75 Å². The highest BCUT2D eigenvalue weighted by molar-refractivity contribution is 6.04. The van der Waals surface area contributed by atoms with E-state index in [0.717, 1.165) is 22.6 Å². The molecule has 0 aliphatic carbocycles. The Labute approximate surface area is 156 Å². The van der Waals surface area contributed by atoms with Gasteiger partial charge in [-0.15, -0.1) is 0 Å². The van der Waals surface area contributed by atoms with Gasteiger partial charge in [0.2, 0.25) is 0 Å². The van der Waals surface area contributed by atoms with Crippen LogP contribution in [-0.4, -0.2) is 10.6 Å². The van der Waals surface area contributed by atoms with E-state index in [1.165, 1.54) is 12.1 Å². The normalized spacial score (nSPS) is 17.0. The van der Waals surface area contributed by atoms with Crippen LogP contribution < -0.4 is 10.2 Å². The summed E-state index contributed by atoms with van der Waals surface area (Å²) in [6, 6.07) is 24.0. The van der Waals surface area contributed by atoms with Crippen LogP contribution in [0.4, 0.5) is 11.4 Å². The molecule has 0 saturated heterocycles. The molecule has 1 aliphatic rings. The van der Waals surface area contributed by atoms with Gasteiger partial charge in [-0.25, -0.2) is 0 Å². The number of para-hydroxylation sites is 1. The average molecular weight is 359 g/mol. The molecule has 1 heterocycles. The van der Waals surface area contributed by atoms with Crippen LogP contribution in [0.3, 0.4) is 0 Å². The van der Waals surface area contributed by atoms with Crippen molar-refractivity contribution in [3.8, 4) is 5.75 Å². The molecule has 0 amide bonds. The van der Waals surface area contributed by atoms with E-state index in [1.807, 2.05) is 54.6 Å². The number of nitrogens with one attached hydrogen (secondary N) is 1. The Balaban J connectivity index is 1.61. The number of ether oxygens (including phenoxy) is 1. The maximum Gasteiger partial charge on any atom is 0.269 e. The third-order valence-electron chi connectivity index (χ3n) is 4.42. The zero-order valence-electron chi connectivity index (χ0n) is 14.4. The van der Waals surface area contributed by atoms with Gasteiger partial charge in [-0.1, -0.05) is 42.5 Å². The van der Waals surface area contributed by atoms with Crippen LogP contribution >= 0.6 is 0 Å². The Hall–Kier alpha value is -3.67. The van der Waals surface area contributed by atoms with Gasteiger partial charge in [0, 0.05) is 24.1 Å². The van der Waals surface area contributed by atoms with Crippen LogP contribution in [-0.2, 0) is 0 Å². The molecule has 0 spiro atoms. The number of anilines is 1. The first-order valence-corrected chi connectivity index (χ1v) is 8.59. The second-order valence-corrected chi connectivity index (χ2v) is 6.19. The summed E-state index contributed by atoms with van der Waals surface area (Å²) < 4.78 is 6.16. The molecule has 0 bridgehead atoms. The monoisotopic (exact) mass is 359 g/mol. The lowest BCUT2D eigenvalue weighted by Crippen LogP contribution is -2.21. The average Bonchev–Trinajstić information content (AvgIpc) is 2.72. The number of fused-ring (bicyclic) bond motifs is 1. The highest BCUT2D eigenvalue weighted by Gasteiger charge is 2.26. The van der Waals surface area contributed by atoms with E-state index in [0.29, 0.717) is 12.1 Å². The number of hydrazone groups is 1. The van der Waals surface area contributed by atoms with Crippen molar-refractivity contribution in [3.63, 3.8) is 0 Å². The first-order valence-electron chi connectivity index (χ1n) is 8.59. The van der Waals surface area contributed by atoms with E-state index in [9.17, 15) is 10.1 Å². The highest BCUT2D eigenvalue weighted by Crippen LogP contribution is 2.35. The Morgan fingerprint density at radius 1 is 0.963 bits per heavy atom. The molecule has 6 heteroatoms. The Morgan fingerprint density at radius 3 is 2.41 bits per heavy atom. The second-order valence-electron chi connectivity index (χ2n) is 6.19. The number of rotatable bonds is 4. The molecule has 3 aromatic rings. The third kappa shape index (κ3) is 3.64. The van der Waals surface area contributed by atoms with E-state index >= 15 is 0 Å². The van der Waals surface area contributed by atoms with Crippen molar-refractivity contribution < 1.29 is 9.66 Å². The summed E-state index contributed by atoms with van der Waals surface area (Å²) in [5.74, 6) is 0.793. The lowest BCUT2D eigenvalue weighted by atomic mass is 9.96. The minimum absolute atomic E-state index is 0.0498. The molecular formula is C21H17N3O3. The fraction of sp³-hybridized carbons (Fsp3) is 0.0952. The predicted molar refractivity (Wildman–Crippen MR) is 104 cm³/mol. The summed E-state index contributed by atoms with van der Waals surface area (Å²) >= 11 is 0. The van der Waals surface area contributed by atoms with Crippen molar-refractivity contribution >= 4 is 17.1 Å². The molecule has 1 aliphatic heterocycles. The van der Waals surface area contributed by atoms with Gasteiger partial charge in [0.05, 0.1) is 16.3 Å². The molecule has 6 nitrogen and oxygen atoms in total. The van der Waals surface area contributed by atoms with Crippen molar-refractivity contribution in [1.82, 2.24) is 0 Å². The zero-order valence-corrected chi connectivity index (χ0v) is 14.4. The van der Waals surface area contributed by atoms with Crippen LogP contribution in [0.25, 0.3) is 0 Å². The topological polar surface area (TPSA) is 76.8 Å². The molecule has 1 atom stereocenters. The van der Waals surface area contributed by atoms with Crippen molar-refractivity contribution in [2.45, 2.75) is 12.5 Å². The third-order valence-corrected chi connectivity index (χ3v) is 4.42. The van der Waals surface area contributed by atoms with Crippen LogP contribution in [0.2, 0.25) is 0 Å². The Morgan fingerprint density at radius 2 is 1.67 bits per heavy atom. The molecule has 0 radical (unpaired) electrons. The van der Waals surface area contributed by atoms with E-state index in [4.69, 9.17) is 4.74 Å². The molecule has 0 fully saturated rings. The quantitative estimate of drug-likeness (QED) is 0.529. The van der Waals surface area contributed by atoms with Crippen molar-refractivity contribution in [2.24, 2.45) is 5.10 Å². The van der Waals surface area contributed by atoms with Crippen molar-refractivity contribution in [1.29, 1.82) is 0 Å². The fourth-order valence-electron chi connectivity index (χ4n) is 3.04. The molecule has 0 saturated carbocycles. The van der Waals surface area contributed by atoms with Gasteiger partial charge < -0.3 is 4.74 Å². The van der Waals surface area contributed by atoms with Gasteiger partial charge in [0.15, 0.2) is 0 Å². The molecule has 3 aromatic carbocycles. The summed E-state index contributed by atoms with van der Waals surface area (Å²) in [5, 5.41) is 15.3. The number of nitro groups is 1. The second kappa shape index (κ2) is 7.29. The van der Waals surface area contributed by atoms with E-state index < -0.39 is 4.92 Å². The molecule has 1 N–H and O–H groups in total. The summed E-state index contributed by atoms with van der Waals surface area (Å²) in [7, 11) is 0. The number of benzene rings is 3. The maximum atomic E-state index is 10.8. The molecule has 1 unspecified atom stereocenters. The van der Waals surface area contributed by atoms with E-state index in [-0.39, 0.29) is 11.8 Å². The fourth-order valence-corrected chi connectivity index (χ4v) is 3.04. The van der Waals surface area contributed by atoms with Crippen molar-refractivity contribution in [2.75, 3.05) is 5.43 Å². The van der Waals surface area contributed by atoms with Crippen molar-refractivity contribution in [3.05, 3.63) is 100 Å². The Bertz CT molecular complexity index is 985. The summed E-state index contributed by atoms with van der Waals surface area (Å²) in [4.78, 5) is 10.3. The van der Waals surface area contributed by atoms with Gasteiger partial charge in [-0.3, -0.25) is 15.5 Å². The highest BCUT2D eigenvalue weighted by atomic mass is 16.6. The summed E-state index contributed by atoms with van der Waals surface area (Å²) in [6.45, 7) is 0. The number of non-ortho nitro benzene ring substituents is 1. The number of nitro benzene ring substituents is 1. The summed E-state index contributed by atoms with van der Waals surface area (Å²) in [5.41, 5.74) is 6.66. The standard InChI is InChI=1S/C21H17N3O3/c25-24(26)17-12-10-16(11-13-17)22-23-19-14-21(15-6-2-1-3-7-15)27-20-9-5-4-8-18(19)20/h1-13,21-22H,14H2/b23-19+. The SMILES string of the molecule is O=[N+]([O-])c1ccc(N/N=C2\CC(c3ccccc3)Oc3ccccc32)cc1. The van der Waals surface area contributed by atoms with Gasteiger partial charge in [-0.05, 0) is 29.8 Å². The van der Waals surface area contributed by atoms with Gasteiger partial charge in [-0.2, -0.15) is 5.10 Å². The van der Waals surface area contributed by atoms with Crippen LogP contribution in [0.15, 0.2) is 84.0 Å². The van der Waals surface area contributed by atoms with Gasteiger partial charge in [0.25, 0.3) is 5.69 Å². The van der Waals surface area contributed by atoms with E-state index in [2.05, 4.69) is 10.5 Å². The number of hydrogen-bond acceptors (Lipinski definition) is 5. The predicted octanol–water partition coefficient (Wildman–Crippen LogP) is 4.93. The summed E-state index contributed by atoms with van der Waals surface area (Å²) in [6.07, 6.45) is 0.514. The van der Waals surface area contributed by atoms with Crippen LogP contribution in [0, 0.1) is 10.1 Å². The lowest BCUT2D eigenvalue weighted by molar-refractivity contribution is -0.384. The Kier molecular flexibility index (Phi) is 4.53. The first kappa shape index (κ1) is 16.8. The number of hydrogen-bond donors (Lipinski definition) is 1. The van der Waals surface area contributed by atoms with Gasteiger partial charge in [0.1, 0.15) is 11.9 Å². The molecule has 27 heavy (non-hydrogen) atoms. The molecule has 134 valence electrons. The van der Waals surface area contributed by atoms with Gasteiger partial charge >= 0.3 is 0 Å². The zero-order chi connectivity index (χ0) is 18.6. The number of nitrogens with zero attached hydrogens (tertiary/aromatic N) is 2. The molecular weight excluding hydrogens is 342 g/mol. The van der Waals surface area contributed by atoms with E-state index in [1.54, 1.807) is 12.1 Å².